The van der Waals surface area contributed by atoms with Gasteiger partial charge in [0.15, 0.2) is 0 Å². The Kier molecular flexibility index (Phi) is 6.57. The molecule has 0 saturated heterocycles. The monoisotopic (exact) mass is 421 g/mol. The van der Waals surface area contributed by atoms with Crippen LogP contribution in [-0.4, -0.2) is 18.4 Å². The normalized spacial score (nSPS) is 14.7. The van der Waals surface area contributed by atoms with Gasteiger partial charge in [-0.3, -0.25) is 9.59 Å². The van der Waals surface area contributed by atoms with Gasteiger partial charge in [-0.2, -0.15) is 0 Å². The Hall–Kier alpha value is -3.12. The van der Waals surface area contributed by atoms with E-state index in [1.165, 1.54) is 11.3 Å². The number of carbonyl (C=O) groups excluding carboxylic acids is 2. The fourth-order valence-corrected chi connectivity index (χ4v) is 4.41. The number of nitrogens with one attached hydrogen (secondary N) is 1. The lowest BCUT2D eigenvalue weighted by Gasteiger charge is -2.23. The van der Waals surface area contributed by atoms with Crippen LogP contribution < -0.4 is 16.0 Å². The summed E-state index contributed by atoms with van der Waals surface area (Å²) in [6.07, 6.45) is 6.05. The van der Waals surface area contributed by atoms with Crippen LogP contribution in [0.2, 0.25) is 0 Å². The van der Waals surface area contributed by atoms with Gasteiger partial charge in [0.05, 0.1) is 10.6 Å². The van der Waals surface area contributed by atoms with Crippen molar-refractivity contribution in [2.45, 2.75) is 34.1 Å². The number of benzene rings is 1. The van der Waals surface area contributed by atoms with E-state index in [9.17, 15) is 9.59 Å². The Labute approximate surface area is 181 Å². The average molecular weight is 422 g/mol. The quantitative estimate of drug-likeness (QED) is 0.552. The molecule has 2 amide bonds. The third-order valence-electron chi connectivity index (χ3n) is 5.00. The molecule has 0 saturated carbocycles. The summed E-state index contributed by atoms with van der Waals surface area (Å²) in [5.74, 6) is -0.145. The molecule has 0 aliphatic carbocycles. The van der Waals surface area contributed by atoms with E-state index in [0.717, 1.165) is 27.4 Å². The summed E-state index contributed by atoms with van der Waals surface area (Å²) >= 11 is 1.47. The molecule has 0 spiro atoms. The molecule has 5 nitrogen and oxygen atoms in total. The summed E-state index contributed by atoms with van der Waals surface area (Å²) in [5.41, 5.74) is 10.7. The van der Waals surface area contributed by atoms with Gasteiger partial charge < -0.3 is 16.0 Å². The molecule has 3 N–H and O–H groups in total. The Morgan fingerprint density at radius 3 is 2.60 bits per heavy atom. The molecule has 30 heavy (non-hydrogen) atoms. The first-order valence-electron chi connectivity index (χ1n) is 9.90. The van der Waals surface area contributed by atoms with Crippen molar-refractivity contribution >= 4 is 28.8 Å². The smallest absolute Gasteiger partial charge is 0.265 e. The fourth-order valence-electron chi connectivity index (χ4n) is 3.27. The van der Waals surface area contributed by atoms with Crippen molar-refractivity contribution in [2.24, 2.45) is 5.73 Å². The van der Waals surface area contributed by atoms with Crippen molar-refractivity contribution in [1.29, 1.82) is 0 Å². The van der Waals surface area contributed by atoms with Crippen molar-refractivity contribution in [3.05, 3.63) is 76.0 Å². The summed E-state index contributed by atoms with van der Waals surface area (Å²) < 4.78 is 0. The summed E-state index contributed by atoms with van der Waals surface area (Å²) in [6.45, 7) is 7.90. The van der Waals surface area contributed by atoms with E-state index in [-0.39, 0.29) is 11.8 Å². The van der Waals surface area contributed by atoms with Gasteiger partial charge in [0.1, 0.15) is 0 Å². The van der Waals surface area contributed by atoms with E-state index < -0.39 is 0 Å². The number of thiophene rings is 1. The summed E-state index contributed by atoms with van der Waals surface area (Å²) in [5, 5.41) is 2.90. The lowest BCUT2D eigenvalue weighted by Crippen LogP contribution is -2.33. The summed E-state index contributed by atoms with van der Waals surface area (Å²) in [6, 6.07) is 9.82. The Morgan fingerprint density at radius 2 is 1.90 bits per heavy atom. The molecule has 0 fully saturated rings. The minimum atomic E-state index is -0.100. The Balaban J connectivity index is 1.99. The molecule has 1 aromatic heterocycles. The molecular weight excluding hydrogens is 394 g/mol. The van der Waals surface area contributed by atoms with Gasteiger partial charge in [0, 0.05) is 34.0 Å². The first kappa shape index (κ1) is 21.6. The van der Waals surface area contributed by atoms with Gasteiger partial charge in [0.25, 0.3) is 11.8 Å². The van der Waals surface area contributed by atoms with E-state index in [1.807, 2.05) is 55.2 Å². The zero-order valence-corrected chi connectivity index (χ0v) is 18.6. The molecular formula is C24H27N3O2S. The van der Waals surface area contributed by atoms with Crippen LogP contribution in [0.25, 0.3) is 10.4 Å². The fraction of sp³-hybridized carbons (Fsp3) is 0.250. The SMILES string of the molecule is C/C=C(\C)NC(=O)c1cc2c(s1)-c1ccccc1N(C(=O)/C(C)=C/C=C(\C)N)CC2. The molecule has 2 aromatic rings. The van der Waals surface area contributed by atoms with E-state index in [1.54, 1.807) is 26.0 Å². The van der Waals surface area contributed by atoms with Gasteiger partial charge in [-0.25, -0.2) is 0 Å². The molecule has 1 aromatic carbocycles. The maximum Gasteiger partial charge on any atom is 0.265 e. The molecule has 6 heteroatoms. The maximum absolute atomic E-state index is 13.1. The zero-order valence-electron chi connectivity index (χ0n) is 17.8. The number of nitrogens with zero attached hydrogens (tertiary/aromatic N) is 1. The lowest BCUT2D eigenvalue weighted by atomic mass is 10.1. The van der Waals surface area contributed by atoms with E-state index in [4.69, 9.17) is 5.73 Å². The highest BCUT2D eigenvalue weighted by Crippen LogP contribution is 2.41. The third-order valence-corrected chi connectivity index (χ3v) is 6.21. The van der Waals surface area contributed by atoms with Gasteiger partial charge >= 0.3 is 0 Å². The maximum atomic E-state index is 13.1. The van der Waals surface area contributed by atoms with Gasteiger partial charge in [-0.1, -0.05) is 30.4 Å². The number of hydrogen-bond acceptors (Lipinski definition) is 4. The number of nitrogens with two attached hydrogens (primary N) is 1. The molecule has 1 aliphatic rings. The molecule has 0 atom stereocenters. The largest absolute Gasteiger partial charge is 0.402 e. The van der Waals surface area contributed by atoms with Crippen LogP contribution in [0.3, 0.4) is 0 Å². The minimum absolute atomic E-state index is 0.0447. The standard InChI is InChI=1S/C24H27N3O2S/c1-5-17(4)26-23(28)21-14-18-12-13-27(24(29)15(2)10-11-16(3)25)20-9-7-6-8-19(20)22(18)30-21/h5-11,14H,12-13,25H2,1-4H3,(H,26,28)/b15-10+,16-11+,17-5+. The van der Waals surface area contributed by atoms with Crippen LogP contribution in [0.5, 0.6) is 0 Å². The number of amides is 2. The first-order valence-corrected chi connectivity index (χ1v) is 10.7. The van der Waals surface area contributed by atoms with Gasteiger partial charge in [-0.05, 0) is 57.9 Å². The predicted molar refractivity (Wildman–Crippen MR) is 124 cm³/mol. The number of anilines is 1. The zero-order chi connectivity index (χ0) is 21.8. The molecule has 0 bridgehead atoms. The molecule has 2 heterocycles. The van der Waals surface area contributed by atoms with Crippen molar-refractivity contribution in [2.75, 3.05) is 11.4 Å². The third kappa shape index (κ3) is 4.54. The number of fused-ring (bicyclic) bond motifs is 3. The van der Waals surface area contributed by atoms with Crippen LogP contribution in [-0.2, 0) is 11.2 Å². The van der Waals surface area contributed by atoms with Crippen LogP contribution in [0.4, 0.5) is 5.69 Å². The molecule has 1 aliphatic heterocycles. The average Bonchev–Trinajstić information content (AvgIpc) is 3.10. The van der Waals surface area contributed by atoms with Gasteiger partial charge in [0.2, 0.25) is 0 Å². The highest BCUT2D eigenvalue weighted by atomic mass is 32.1. The second-order valence-electron chi connectivity index (χ2n) is 7.38. The predicted octanol–water partition coefficient (Wildman–Crippen LogP) is 4.77. The van der Waals surface area contributed by atoms with Gasteiger partial charge in [-0.15, -0.1) is 11.3 Å². The second-order valence-corrected chi connectivity index (χ2v) is 8.43. The topological polar surface area (TPSA) is 75.4 Å². The highest BCUT2D eigenvalue weighted by molar-refractivity contribution is 7.17. The number of para-hydroxylation sites is 1. The van der Waals surface area contributed by atoms with Crippen LogP contribution >= 0.6 is 11.3 Å². The van der Waals surface area contributed by atoms with E-state index >= 15 is 0 Å². The van der Waals surface area contributed by atoms with Crippen molar-refractivity contribution in [3.63, 3.8) is 0 Å². The van der Waals surface area contributed by atoms with Crippen LogP contribution in [0, 0.1) is 0 Å². The molecule has 156 valence electrons. The van der Waals surface area contributed by atoms with Crippen molar-refractivity contribution in [1.82, 2.24) is 5.32 Å². The number of rotatable bonds is 4. The van der Waals surface area contributed by atoms with Crippen molar-refractivity contribution in [3.8, 4) is 10.4 Å². The molecule has 0 radical (unpaired) electrons. The van der Waals surface area contributed by atoms with Crippen LogP contribution in [0.1, 0.15) is 42.9 Å². The lowest BCUT2D eigenvalue weighted by molar-refractivity contribution is -0.115. The molecule has 0 unspecified atom stereocenters. The van der Waals surface area contributed by atoms with Crippen molar-refractivity contribution < 1.29 is 9.59 Å². The summed E-state index contributed by atoms with van der Waals surface area (Å²) in [4.78, 5) is 29.3. The second kappa shape index (κ2) is 9.13. The Morgan fingerprint density at radius 1 is 1.17 bits per heavy atom. The minimum Gasteiger partial charge on any atom is -0.402 e. The number of carbonyl (C=O) groups is 2. The highest BCUT2D eigenvalue weighted by Gasteiger charge is 2.27. The first-order chi connectivity index (χ1) is 14.3. The Bertz CT molecular complexity index is 1070. The van der Waals surface area contributed by atoms with Crippen LogP contribution in [0.15, 0.2) is 65.5 Å². The summed E-state index contributed by atoms with van der Waals surface area (Å²) in [7, 11) is 0. The number of allylic oxidation sites excluding steroid dienone is 5. The van der Waals surface area contributed by atoms with E-state index in [2.05, 4.69) is 5.32 Å². The number of hydrogen-bond donors (Lipinski definition) is 2. The van der Waals surface area contributed by atoms with E-state index in [0.29, 0.717) is 29.1 Å². The molecule has 3 rings (SSSR count).